The van der Waals surface area contributed by atoms with Gasteiger partial charge in [-0.1, -0.05) is 25.1 Å². The van der Waals surface area contributed by atoms with Crippen molar-refractivity contribution in [2.75, 3.05) is 26.2 Å². The maximum atomic E-state index is 13.2. The van der Waals surface area contributed by atoms with E-state index in [9.17, 15) is 9.59 Å². The predicted molar refractivity (Wildman–Crippen MR) is 110 cm³/mol. The monoisotopic (exact) mass is 398 g/mol. The third-order valence-corrected chi connectivity index (χ3v) is 5.21. The summed E-state index contributed by atoms with van der Waals surface area (Å²) in [4.78, 5) is 29.7. The number of benzene rings is 1. The molecule has 0 N–H and O–H groups in total. The maximum Gasteiger partial charge on any atom is 0.254 e. The number of amides is 2. The largest absolute Gasteiger partial charge is 0.467 e. The number of carbonyl (C=O) groups excluding carboxylic acids is 2. The van der Waals surface area contributed by atoms with E-state index >= 15 is 0 Å². The lowest BCUT2D eigenvalue weighted by atomic mass is 10.1. The normalized spacial score (nSPS) is 16.0. The first kappa shape index (κ1) is 21.1. The first-order valence-corrected chi connectivity index (χ1v) is 10.3. The molecule has 1 atom stereocenters. The summed E-state index contributed by atoms with van der Waals surface area (Å²) in [5.74, 6) is 0.532. The molecule has 1 fully saturated rings. The number of hydrogen-bond acceptors (Lipinski definition) is 4. The van der Waals surface area contributed by atoms with Crippen LogP contribution in [0.2, 0.25) is 0 Å². The molecule has 1 saturated heterocycles. The molecule has 0 bridgehead atoms. The van der Waals surface area contributed by atoms with Crippen LogP contribution in [0, 0.1) is 6.92 Å². The lowest BCUT2D eigenvalue weighted by Crippen LogP contribution is -2.45. The van der Waals surface area contributed by atoms with Crippen LogP contribution < -0.4 is 0 Å². The Morgan fingerprint density at radius 2 is 1.97 bits per heavy atom. The summed E-state index contributed by atoms with van der Waals surface area (Å²) in [5, 5.41) is 0. The Balaban J connectivity index is 1.73. The van der Waals surface area contributed by atoms with Gasteiger partial charge in [0.25, 0.3) is 5.91 Å². The minimum atomic E-state index is -0.103. The fraction of sp³-hybridized carbons (Fsp3) is 0.478. The van der Waals surface area contributed by atoms with Crippen molar-refractivity contribution >= 4 is 11.8 Å². The van der Waals surface area contributed by atoms with Gasteiger partial charge >= 0.3 is 0 Å². The van der Waals surface area contributed by atoms with E-state index in [0.717, 1.165) is 37.2 Å². The average Bonchev–Trinajstić information content (AvgIpc) is 3.41. The number of rotatable bonds is 9. The molecule has 6 nitrogen and oxygen atoms in total. The van der Waals surface area contributed by atoms with Crippen molar-refractivity contribution in [2.24, 2.45) is 0 Å². The highest BCUT2D eigenvalue weighted by Gasteiger charge is 2.26. The maximum absolute atomic E-state index is 13.2. The van der Waals surface area contributed by atoms with E-state index in [1.54, 1.807) is 16.1 Å². The van der Waals surface area contributed by atoms with Crippen molar-refractivity contribution in [3.63, 3.8) is 0 Å². The Labute approximate surface area is 172 Å². The van der Waals surface area contributed by atoms with Crippen LogP contribution in [0.4, 0.5) is 0 Å². The van der Waals surface area contributed by atoms with Gasteiger partial charge in [-0.2, -0.15) is 0 Å². The van der Waals surface area contributed by atoms with E-state index in [-0.39, 0.29) is 24.5 Å². The van der Waals surface area contributed by atoms with Crippen LogP contribution in [0.5, 0.6) is 0 Å². The van der Waals surface area contributed by atoms with Crippen molar-refractivity contribution < 1.29 is 18.7 Å². The van der Waals surface area contributed by atoms with Crippen LogP contribution >= 0.6 is 0 Å². The molecule has 0 radical (unpaired) electrons. The van der Waals surface area contributed by atoms with Crippen LogP contribution in [0.15, 0.2) is 47.1 Å². The standard InChI is InChI=1S/C23H30N2O4/c1-3-12-24(23(27)21-11-5-4-8-18(21)2)17-22(26)25(15-19-9-6-13-28-19)16-20-10-7-14-29-20/h4-6,8-9,11,13,20H,3,7,10,12,14-17H2,1-2H3/t20-/m0/s1. The molecule has 2 heterocycles. The predicted octanol–water partition coefficient (Wildman–Crippen LogP) is 3.65. The van der Waals surface area contributed by atoms with Gasteiger partial charge in [-0.25, -0.2) is 0 Å². The van der Waals surface area contributed by atoms with Gasteiger partial charge in [0.15, 0.2) is 0 Å². The minimum Gasteiger partial charge on any atom is -0.467 e. The Hall–Kier alpha value is -2.60. The molecule has 0 saturated carbocycles. The zero-order valence-corrected chi connectivity index (χ0v) is 17.3. The molecular weight excluding hydrogens is 368 g/mol. The van der Waals surface area contributed by atoms with Gasteiger partial charge in [0.2, 0.25) is 5.91 Å². The molecule has 1 aromatic heterocycles. The summed E-state index contributed by atoms with van der Waals surface area (Å²) in [6, 6.07) is 11.2. The molecule has 1 aliphatic heterocycles. The minimum absolute atomic E-state index is 0.0422. The van der Waals surface area contributed by atoms with Gasteiger partial charge in [0.1, 0.15) is 12.3 Å². The summed E-state index contributed by atoms with van der Waals surface area (Å²) >= 11 is 0. The lowest BCUT2D eigenvalue weighted by Gasteiger charge is -2.29. The molecule has 1 aromatic carbocycles. The number of nitrogens with zero attached hydrogens (tertiary/aromatic N) is 2. The summed E-state index contributed by atoms with van der Waals surface area (Å²) in [6.45, 7) is 6.14. The highest BCUT2D eigenvalue weighted by molar-refractivity contribution is 5.97. The van der Waals surface area contributed by atoms with Gasteiger partial charge in [0.05, 0.1) is 18.9 Å². The fourth-order valence-electron chi connectivity index (χ4n) is 3.65. The number of ether oxygens (including phenoxy) is 1. The average molecular weight is 399 g/mol. The van der Waals surface area contributed by atoms with Gasteiger partial charge in [0, 0.05) is 25.3 Å². The summed E-state index contributed by atoms with van der Waals surface area (Å²) in [5.41, 5.74) is 1.56. The van der Waals surface area contributed by atoms with Gasteiger partial charge in [-0.15, -0.1) is 0 Å². The van der Waals surface area contributed by atoms with E-state index in [1.165, 1.54) is 0 Å². The van der Waals surface area contributed by atoms with Crippen LogP contribution in [0.1, 0.15) is 47.9 Å². The molecule has 1 aliphatic rings. The smallest absolute Gasteiger partial charge is 0.254 e. The molecule has 2 aromatic rings. The van der Waals surface area contributed by atoms with E-state index in [1.807, 2.05) is 50.2 Å². The van der Waals surface area contributed by atoms with E-state index < -0.39 is 0 Å². The van der Waals surface area contributed by atoms with E-state index in [2.05, 4.69) is 0 Å². The highest BCUT2D eigenvalue weighted by atomic mass is 16.5. The van der Waals surface area contributed by atoms with Crippen LogP contribution in [0.3, 0.4) is 0 Å². The third kappa shape index (κ3) is 5.70. The second kappa shape index (κ2) is 10.3. The van der Waals surface area contributed by atoms with Crippen LogP contribution in [0.25, 0.3) is 0 Å². The zero-order chi connectivity index (χ0) is 20.6. The Bertz CT molecular complexity index is 797. The number of aryl methyl sites for hydroxylation is 1. The van der Waals surface area contributed by atoms with Crippen molar-refractivity contribution in [3.05, 3.63) is 59.5 Å². The summed E-state index contributed by atoms with van der Waals surface area (Å²) < 4.78 is 11.2. The van der Waals surface area contributed by atoms with Gasteiger partial charge < -0.3 is 19.0 Å². The first-order chi connectivity index (χ1) is 14.1. The van der Waals surface area contributed by atoms with E-state index in [4.69, 9.17) is 9.15 Å². The molecule has 0 spiro atoms. The van der Waals surface area contributed by atoms with Crippen molar-refractivity contribution in [1.29, 1.82) is 0 Å². The highest BCUT2D eigenvalue weighted by Crippen LogP contribution is 2.17. The second-order valence-electron chi connectivity index (χ2n) is 7.53. The second-order valence-corrected chi connectivity index (χ2v) is 7.53. The SMILES string of the molecule is CCCN(CC(=O)N(Cc1ccco1)C[C@@H]1CCCO1)C(=O)c1ccccc1C. The molecule has 0 unspecified atom stereocenters. The molecule has 3 rings (SSSR count). The molecule has 0 aliphatic carbocycles. The number of carbonyl (C=O) groups is 2. The van der Waals surface area contributed by atoms with Crippen molar-refractivity contribution in [3.8, 4) is 0 Å². The molecular formula is C23H30N2O4. The van der Waals surface area contributed by atoms with E-state index in [0.29, 0.717) is 25.2 Å². The molecule has 29 heavy (non-hydrogen) atoms. The lowest BCUT2D eigenvalue weighted by molar-refractivity contribution is -0.134. The quantitative estimate of drug-likeness (QED) is 0.647. The van der Waals surface area contributed by atoms with Crippen molar-refractivity contribution in [2.45, 2.75) is 45.8 Å². The fourth-order valence-corrected chi connectivity index (χ4v) is 3.65. The Morgan fingerprint density at radius 3 is 2.62 bits per heavy atom. The molecule has 2 amide bonds. The third-order valence-electron chi connectivity index (χ3n) is 5.21. The molecule has 156 valence electrons. The zero-order valence-electron chi connectivity index (χ0n) is 17.3. The van der Waals surface area contributed by atoms with Crippen molar-refractivity contribution in [1.82, 2.24) is 9.80 Å². The topological polar surface area (TPSA) is 63.0 Å². The Morgan fingerprint density at radius 1 is 1.14 bits per heavy atom. The summed E-state index contributed by atoms with van der Waals surface area (Å²) in [6.07, 6.45) is 4.40. The first-order valence-electron chi connectivity index (χ1n) is 10.3. The summed E-state index contributed by atoms with van der Waals surface area (Å²) in [7, 11) is 0. The van der Waals surface area contributed by atoms with Gasteiger partial charge in [-0.3, -0.25) is 9.59 Å². The van der Waals surface area contributed by atoms with Gasteiger partial charge in [-0.05, 0) is 49.9 Å². The Kier molecular flexibility index (Phi) is 7.47. The van der Waals surface area contributed by atoms with Crippen LogP contribution in [-0.4, -0.2) is 54.0 Å². The number of furan rings is 1. The number of hydrogen-bond donors (Lipinski definition) is 0. The molecule has 6 heteroatoms. The van der Waals surface area contributed by atoms with Crippen LogP contribution in [-0.2, 0) is 16.1 Å².